The van der Waals surface area contributed by atoms with E-state index in [0.717, 1.165) is 12.5 Å². The van der Waals surface area contributed by atoms with Gasteiger partial charge in [0.15, 0.2) is 0 Å². The molecule has 5 N–H and O–H groups in total. The Morgan fingerprint density at radius 1 is 1.07 bits per heavy atom. The summed E-state index contributed by atoms with van der Waals surface area (Å²) in [4.78, 5) is 24.1. The van der Waals surface area contributed by atoms with E-state index in [4.69, 9.17) is 22.5 Å². The summed E-state index contributed by atoms with van der Waals surface area (Å²) in [6, 6.07) is 11.1. The first-order chi connectivity index (χ1) is 13.6. The highest BCUT2D eigenvalue weighted by Gasteiger charge is 2.44. The van der Waals surface area contributed by atoms with Crippen LogP contribution in [0, 0.1) is 11.8 Å². The Balaban J connectivity index is 2.15. The molecular formula is C20H18ClF2N3O3. The molecule has 2 amide bonds. The van der Waals surface area contributed by atoms with Gasteiger partial charge in [0.05, 0.1) is 0 Å². The normalized spacial score (nSPS) is 13.6. The SMILES string of the molecule is CC(N)(C(F)F)[C@H](NC(=O)c1ccc(C#Cc2ccc(Cl)cc2)cc1)C(=O)NO. The zero-order chi connectivity index (χ0) is 21.6. The van der Waals surface area contributed by atoms with Crippen molar-refractivity contribution in [3.8, 4) is 11.8 Å². The molecular weight excluding hydrogens is 404 g/mol. The highest BCUT2D eigenvalue weighted by atomic mass is 35.5. The lowest BCUT2D eigenvalue weighted by atomic mass is 9.92. The summed E-state index contributed by atoms with van der Waals surface area (Å²) in [5, 5.41) is 11.5. The average Bonchev–Trinajstić information content (AvgIpc) is 2.71. The number of hydrogen-bond acceptors (Lipinski definition) is 4. The molecule has 0 radical (unpaired) electrons. The number of amides is 2. The minimum atomic E-state index is -3.13. The molecule has 2 aromatic rings. The van der Waals surface area contributed by atoms with Crippen LogP contribution in [0.15, 0.2) is 48.5 Å². The third-order valence-electron chi connectivity index (χ3n) is 4.08. The van der Waals surface area contributed by atoms with Crippen molar-refractivity contribution in [2.24, 2.45) is 5.73 Å². The van der Waals surface area contributed by atoms with Crippen LogP contribution in [0.1, 0.15) is 28.4 Å². The van der Waals surface area contributed by atoms with Crippen LogP contribution in [0.25, 0.3) is 0 Å². The van der Waals surface area contributed by atoms with Crippen LogP contribution in [0.4, 0.5) is 8.78 Å². The summed E-state index contributed by atoms with van der Waals surface area (Å²) < 4.78 is 26.3. The lowest BCUT2D eigenvalue weighted by Crippen LogP contribution is -2.66. The molecule has 1 unspecified atom stereocenters. The second-order valence-electron chi connectivity index (χ2n) is 6.38. The van der Waals surface area contributed by atoms with Gasteiger partial charge in [-0.1, -0.05) is 23.4 Å². The van der Waals surface area contributed by atoms with Gasteiger partial charge >= 0.3 is 0 Å². The van der Waals surface area contributed by atoms with Crippen molar-refractivity contribution in [1.82, 2.24) is 10.8 Å². The first-order valence-corrected chi connectivity index (χ1v) is 8.72. The number of nitrogens with two attached hydrogens (primary N) is 1. The number of benzene rings is 2. The van der Waals surface area contributed by atoms with Crippen LogP contribution >= 0.6 is 11.6 Å². The van der Waals surface area contributed by atoms with Crippen molar-refractivity contribution in [2.45, 2.75) is 24.9 Å². The zero-order valence-corrected chi connectivity index (χ0v) is 16.0. The van der Waals surface area contributed by atoms with Crippen LogP contribution in [-0.2, 0) is 4.79 Å². The smallest absolute Gasteiger partial charge is 0.268 e. The summed E-state index contributed by atoms with van der Waals surface area (Å²) in [5.41, 5.74) is 5.77. The molecule has 2 rings (SSSR count). The van der Waals surface area contributed by atoms with Crippen molar-refractivity contribution in [3.63, 3.8) is 0 Å². The van der Waals surface area contributed by atoms with Crippen molar-refractivity contribution in [3.05, 3.63) is 70.2 Å². The fraction of sp³-hybridized carbons (Fsp3) is 0.200. The van der Waals surface area contributed by atoms with E-state index in [2.05, 4.69) is 17.2 Å². The molecule has 0 saturated carbocycles. The number of alkyl halides is 2. The van der Waals surface area contributed by atoms with Crippen LogP contribution < -0.4 is 16.5 Å². The number of carbonyl (C=O) groups is 2. The summed E-state index contributed by atoms with van der Waals surface area (Å²) in [7, 11) is 0. The van der Waals surface area contributed by atoms with Gasteiger partial charge in [0.25, 0.3) is 18.2 Å². The van der Waals surface area contributed by atoms with Gasteiger partial charge in [-0.05, 0) is 55.5 Å². The average molecular weight is 422 g/mol. The van der Waals surface area contributed by atoms with Gasteiger partial charge in [-0.2, -0.15) is 0 Å². The number of nitrogens with one attached hydrogen (secondary N) is 2. The predicted octanol–water partition coefficient (Wildman–Crippen LogP) is 2.33. The molecule has 0 aliphatic carbocycles. The number of rotatable bonds is 5. The summed E-state index contributed by atoms with van der Waals surface area (Å²) >= 11 is 5.81. The number of hydrogen-bond donors (Lipinski definition) is 4. The number of carbonyl (C=O) groups excluding carboxylic acids is 2. The van der Waals surface area contributed by atoms with Gasteiger partial charge in [-0.3, -0.25) is 14.8 Å². The fourth-order valence-electron chi connectivity index (χ4n) is 2.29. The first-order valence-electron chi connectivity index (χ1n) is 8.34. The molecule has 0 spiro atoms. The van der Waals surface area contributed by atoms with E-state index >= 15 is 0 Å². The summed E-state index contributed by atoms with van der Waals surface area (Å²) in [5.74, 6) is 3.78. The quantitative estimate of drug-likeness (QED) is 0.338. The lowest BCUT2D eigenvalue weighted by Gasteiger charge is -2.32. The van der Waals surface area contributed by atoms with Crippen molar-refractivity contribution in [2.75, 3.05) is 0 Å². The van der Waals surface area contributed by atoms with Crippen molar-refractivity contribution < 1.29 is 23.6 Å². The molecule has 9 heteroatoms. The highest BCUT2D eigenvalue weighted by Crippen LogP contribution is 2.18. The molecule has 0 bridgehead atoms. The summed E-state index contributed by atoms with van der Waals surface area (Å²) in [6.07, 6.45) is -3.13. The largest absolute Gasteiger partial charge is 0.338 e. The Kier molecular flexibility index (Phi) is 7.29. The van der Waals surface area contributed by atoms with Crippen LogP contribution in [0.3, 0.4) is 0 Å². The Morgan fingerprint density at radius 3 is 2.00 bits per heavy atom. The predicted molar refractivity (Wildman–Crippen MR) is 104 cm³/mol. The monoisotopic (exact) mass is 421 g/mol. The summed E-state index contributed by atoms with van der Waals surface area (Å²) in [6.45, 7) is 0.896. The topological polar surface area (TPSA) is 104 Å². The van der Waals surface area contributed by atoms with Gasteiger partial charge in [0.1, 0.15) is 11.6 Å². The molecule has 2 aromatic carbocycles. The Bertz CT molecular complexity index is 936. The first kappa shape index (κ1) is 22.3. The van der Waals surface area contributed by atoms with Crippen molar-refractivity contribution >= 4 is 23.4 Å². The Morgan fingerprint density at radius 2 is 1.55 bits per heavy atom. The van der Waals surface area contributed by atoms with E-state index in [9.17, 15) is 18.4 Å². The van der Waals surface area contributed by atoms with E-state index in [0.29, 0.717) is 10.6 Å². The molecule has 0 aromatic heterocycles. The number of hydroxylamine groups is 1. The Labute approximate surface area is 171 Å². The third kappa shape index (κ3) is 5.74. The molecule has 0 fully saturated rings. The zero-order valence-electron chi connectivity index (χ0n) is 15.2. The Hall–Kier alpha value is -2.99. The van der Waals surface area contributed by atoms with Gasteiger partial charge in [0, 0.05) is 21.7 Å². The van der Waals surface area contributed by atoms with E-state index in [1.54, 1.807) is 36.4 Å². The van der Waals surface area contributed by atoms with Crippen LogP contribution in [0.2, 0.25) is 5.02 Å². The molecule has 6 nitrogen and oxygen atoms in total. The molecule has 152 valence electrons. The van der Waals surface area contributed by atoms with Crippen LogP contribution in [-0.4, -0.2) is 35.0 Å². The molecule has 0 heterocycles. The second kappa shape index (κ2) is 9.47. The van der Waals surface area contributed by atoms with E-state index in [1.165, 1.54) is 17.6 Å². The van der Waals surface area contributed by atoms with E-state index in [1.807, 2.05) is 0 Å². The maximum Gasteiger partial charge on any atom is 0.268 e. The van der Waals surface area contributed by atoms with E-state index in [-0.39, 0.29) is 5.56 Å². The number of halogens is 3. The maximum atomic E-state index is 13.2. The standard InChI is InChI=1S/C20H18ClF2N3O3/c1-20(24,19(22)23)16(18(28)26-29)25-17(27)14-8-4-12(5-9-14)2-3-13-6-10-15(21)11-7-13/h4-11,16,19,29H,24H2,1H3,(H,25,27)(H,26,28)/t16-,20?/m1/s1. The van der Waals surface area contributed by atoms with Gasteiger partial charge in [-0.15, -0.1) is 0 Å². The van der Waals surface area contributed by atoms with Crippen LogP contribution in [0.5, 0.6) is 0 Å². The van der Waals surface area contributed by atoms with Gasteiger partial charge in [-0.25, -0.2) is 14.3 Å². The maximum absolute atomic E-state index is 13.2. The molecule has 0 aliphatic rings. The third-order valence-corrected chi connectivity index (χ3v) is 4.33. The van der Waals surface area contributed by atoms with Gasteiger partial charge < -0.3 is 11.1 Å². The minimum Gasteiger partial charge on any atom is -0.338 e. The second-order valence-corrected chi connectivity index (χ2v) is 6.82. The lowest BCUT2D eigenvalue weighted by molar-refractivity contribution is -0.134. The highest BCUT2D eigenvalue weighted by molar-refractivity contribution is 6.30. The van der Waals surface area contributed by atoms with E-state index < -0.39 is 29.8 Å². The molecule has 29 heavy (non-hydrogen) atoms. The van der Waals surface area contributed by atoms with Gasteiger partial charge in [0.2, 0.25) is 0 Å². The molecule has 0 aliphatic heterocycles. The van der Waals surface area contributed by atoms with Crippen molar-refractivity contribution in [1.29, 1.82) is 0 Å². The fourth-order valence-corrected chi connectivity index (χ4v) is 2.42. The molecule has 2 atom stereocenters. The molecule has 0 saturated heterocycles. The minimum absolute atomic E-state index is 0.0999.